The average molecular weight is 368 g/mol. The number of nitrogens with zero attached hydrogens (tertiary/aromatic N) is 2. The molecule has 2 rings (SSSR count). The van der Waals surface area contributed by atoms with Gasteiger partial charge in [-0.1, -0.05) is 12.8 Å². The molecule has 1 saturated heterocycles. The summed E-state index contributed by atoms with van der Waals surface area (Å²) in [6.45, 7) is 5.97. The molecule has 1 heterocycles. The van der Waals surface area contributed by atoms with Crippen molar-refractivity contribution in [3.8, 4) is 0 Å². The van der Waals surface area contributed by atoms with Gasteiger partial charge >= 0.3 is 0 Å². The molecule has 6 nitrogen and oxygen atoms in total. The number of likely N-dealkylation sites (tertiary alicyclic amines) is 1. The summed E-state index contributed by atoms with van der Waals surface area (Å²) in [5.74, 6) is -0.0585. The fourth-order valence-corrected chi connectivity index (χ4v) is 4.22. The first-order chi connectivity index (χ1) is 11.8. The third-order valence-corrected chi connectivity index (χ3v) is 6.66. The van der Waals surface area contributed by atoms with Gasteiger partial charge in [0.2, 0.25) is 15.9 Å². The molecule has 1 aromatic carbocycles. The number of sulfonamides is 1. The van der Waals surface area contributed by atoms with E-state index < -0.39 is 10.0 Å². The minimum absolute atomic E-state index is 0.0585. The Hall–Kier alpha value is -1.44. The summed E-state index contributed by atoms with van der Waals surface area (Å²) < 4.78 is 26.2. The molecule has 0 unspecified atom stereocenters. The van der Waals surface area contributed by atoms with E-state index in [2.05, 4.69) is 10.2 Å². The molecule has 0 aromatic heterocycles. The Labute approximate surface area is 151 Å². The number of amides is 1. The number of anilines is 1. The SMILES string of the molecule is CC(C)N(C)S(=O)(=O)c1ccc(NC(=O)CN2CCCCCC2)cc1. The molecule has 0 radical (unpaired) electrons. The van der Waals surface area contributed by atoms with Crippen LogP contribution in [0.2, 0.25) is 0 Å². The van der Waals surface area contributed by atoms with Crippen molar-refractivity contribution in [3.63, 3.8) is 0 Å². The summed E-state index contributed by atoms with van der Waals surface area (Å²) in [4.78, 5) is 14.6. The van der Waals surface area contributed by atoms with Crippen LogP contribution in [0.25, 0.3) is 0 Å². The Kier molecular flexibility index (Phi) is 6.98. The highest BCUT2D eigenvalue weighted by molar-refractivity contribution is 7.89. The van der Waals surface area contributed by atoms with Gasteiger partial charge in [0.15, 0.2) is 0 Å². The molecule has 0 aliphatic carbocycles. The standard InChI is InChI=1S/C18H29N3O3S/c1-15(2)20(3)25(23,24)17-10-8-16(9-11-17)19-18(22)14-21-12-6-4-5-7-13-21/h8-11,15H,4-7,12-14H2,1-3H3,(H,19,22). The lowest BCUT2D eigenvalue weighted by Gasteiger charge is -2.21. The van der Waals surface area contributed by atoms with E-state index in [1.54, 1.807) is 19.2 Å². The van der Waals surface area contributed by atoms with Crippen LogP contribution in [0.3, 0.4) is 0 Å². The van der Waals surface area contributed by atoms with Crippen LogP contribution in [0.5, 0.6) is 0 Å². The molecule has 1 fully saturated rings. The summed E-state index contributed by atoms with van der Waals surface area (Å²) in [5.41, 5.74) is 0.617. The monoisotopic (exact) mass is 367 g/mol. The van der Waals surface area contributed by atoms with E-state index in [9.17, 15) is 13.2 Å². The molecule has 0 bridgehead atoms. The van der Waals surface area contributed by atoms with Gasteiger partial charge in [-0.2, -0.15) is 4.31 Å². The van der Waals surface area contributed by atoms with Crippen LogP contribution in [0.1, 0.15) is 39.5 Å². The van der Waals surface area contributed by atoms with E-state index >= 15 is 0 Å². The van der Waals surface area contributed by atoms with Gasteiger partial charge in [-0.3, -0.25) is 9.69 Å². The lowest BCUT2D eigenvalue weighted by atomic mass is 10.2. The van der Waals surface area contributed by atoms with Crippen LogP contribution in [-0.4, -0.2) is 56.3 Å². The van der Waals surface area contributed by atoms with E-state index in [0.29, 0.717) is 12.2 Å². The van der Waals surface area contributed by atoms with Crippen LogP contribution in [0, 0.1) is 0 Å². The van der Waals surface area contributed by atoms with Crippen molar-refractivity contribution < 1.29 is 13.2 Å². The fraction of sp³-hybridized carbons (Fsp3) is 0.611. The molecule has 1 N–H and O–H groups in total. The number of benzene rings is 1. The molecule has 1 aliphatic rings. The molecule has 0 atom stereocenters. The van der Waals surface area contributed by atoms with Gasteiger partial charge in [0.25, 0.3) is 0 Å². The van der Waals surface area contributed by atoms with Crippen LogP contribution < -0.4 is 5.32 Å². The number of hydrogen-bond donors (Lipinski definition) is 1. The molecule has 25 heavy (non-hydrogen) atoms. The highest BCUT2D eigenvalue weighted by atomic mass is 32.2. The predicted octanol–water partition coefficient (Wildman–Crippen LogP) is 2.53. The minimum Gasteiger partial charge on any atom is -0.325 e. The maximum Gasteiger partial charge on any atom is 0.243 e. The highest BCUT2D eigenvalue weighted by Gasteiger charge is 2.23. The second-order valence-electron chi connectivity index (χ2n) is 6.88. The lowest BCUT2D eigenvalue weighted by Crippen LogP contribution is -2.34. The van der Waals surface area contributed by atoms with E-state index in [1.807, 2.05) is 13.8 Å². The third kappa shape index (κ3) is 5.52. The van der Waals surface area contributed by atoms with E-state index in [4.69, 9.17) is 0 Å². The number of carbonyl (C=O) groups excluding carboxylic acids is 1. The summed E-state index contributed by atoms with van der Waals surface area (Å²) >= 11 is 0. The van der Waals surface area contributed by atoms with Crippen LogP contribution >= 0.6 is 0 Å². The first kappa shape index (κ1) is 19.9. The molecule has 1 aliphatic heterocycles. The lowest BCUT2D eigenvalue weighted by molar-refractivity contribution is -0.117. The Morgan fingerprint density at radius 1 is 1.12 bits per heavy atom. The Morgan fingerprint density at radius 2 is 1.68 bits per heavy atom. The van der Waals surface area contributed by atoms with Gasteiger partial charge < -0.3 is 5.32 Å². The Morgan fingerprint density at radius 3 is 2.20 bits per heavy atom. The number of rotatable bonds is 6. The van der Waals surface area contributed by atoms with Crippen molar-refractivity contribution in [1.82, 2.24) is 9.21 Å². The molecule has 1 amide bonds. The fourth-order valence-electron chi connectivity index (χ4n) is 2.85. The van der Waals surface area contributed by atoms with Gasteiger partial charge in [-0.25, -0.2) is 8.42 Å². The predicted molar refractivity (Wildman–Crippen MR) is 100 cm³/mol. The van der Waals surface area contributed by atoms with Crippen molar-refractivity contribution in [2.24, 2.45) is 0 Å². The summed E-state index contributed by atoms with van der Waals surface area (Å²) in [6.07, 6.45) is 4.75. The topological polar surface area (TPSA) is 69.7 Å². The Bertz CT molecular complexity index is 663. The molecular weight excluding hydrogens is 338 g/mol. The van der Waals surface area contributed by atoms with E-state index in [-0.39, 0.29) is 16.8 Å². The number of nitrogens with one attached hydrogen (secondary N) is 1. The zero-order valence-corrected chi connectivity index (χ0v) is 16.2. The second kappa shape index (κ2) is 8.78. The zero-order valence-electron chi connectivity index (χ0n) is 15.4. The molecule has 0 spiro atoms. The molecule has 1 aromatic rings. The minimum atomic E-state index is -3.50. The molecule has 0 saturated carbocycles. The smallest absolute Gasteiger partial charge is 0.243 e. The van der Waals surface area contributed by atoms with Gasteiger partial charge in [-0.15, -0.1) is 0 Å². The number of hydrogen-bond acceptors (Lipinski definition) is 4. The third-order valence-electron chi connectivity index (χ3n) is 4.61. The number of carbonyl (C=O) groups is 1. The van der Waals surface area contributed by atoms with Crippen molar-refractivity contribution >= 4 is 21.6 Å². The summed E-state index contributed by atoms with van der Waals surface area (Å²) in [6, 6.07) is 6.24. The Balaban J connectivity index is 1.96. The quantitative estimate of drug-likeness (QED) is 0.839. The van der Waals surface area contributed by atoms with Crippen molar-refractivity contribution in [2.45, 2.75) is 50.5 Å². The van der Waals surface area contributed by atoms with Gasteiger partial charge in [0.05, 0.1) is 11.4 Å². The van der Waals surface area contributed by atoms with E-state index in [1.165, 1.54) is 29.3 Å². The van der Waals surface area contributed by atoms with Crippen molar-refractivity contribution in [3.05, 3.63) is 24.3 Å². The first-order valence-corrected chi connectivity index (χ1v) is 10.3. The summed E-state index contributed by atoms with van der Waals surface area (Å²) in [5, 5.41) is 2.85. The van der Waals surface area contributed by atoms with Gasteiger partial charge in [-0.05, 0) is 64.0 Å². The zero-order chi connectivity index (χ0) is 18.4. The van der Waals surface area contributed by atoms with Crippen molar-refractivity contribution in [2.75, 3.05) is 32.0 Å². The maximum atomic E-state index is 12.4. The van der Waals surface area contributed by atoms with Crippen molar-refractivity contribution in [1.29, 1.82) is 0 Å². The summed E-state index contributed by atoms with van der Waals surface area (Å²) in [7, 11) is -1.93. The molecule has 7 heteroatoms. The second-order valence-corrected chi connectivity index (χ2v) is 8.88. The normalized spacial score (nSPS) is 16.8. The molecule has 140 valence electrons. The van der Waals surface area contributed by atoms with Gasteiger partial charge in [0.1, 0.15) is 0 Å². The largest absolute Gasteiger partial charge is 0.325 e. The first-order valence-electron chi connectivity index (χ1n) is 8.91. The van der Waals surface area contributed by atoms with Crippen LogP contribution in [-0.2, 0) is 14.8 Å². The molecular formula is C18H29N3O3S. The van der Waals surface area contributed by atoms with Crippen LogP contribution in [0.4, 0.5) is 5.69 Å². The maximum absolute atomic E-state index is 12.4. The average Bonchev–Trinajstić information content (AvgIpc) is 2.83. The van der Waals surface area contributed by atoms with Crippen LogP contribution in [0.15, 0.2) is 29.2 Å². The van der Waals surface area contributed by atoms with E-state index in [0.717, 1.165) is 25.9 Å². The highest BCUT2D eigenvalue weighted by Crippen LogP contribution is 2.19. The van der Waals surface area contributed by atoms with Gasteiger partial charge in [0, 0.05) is 18.8 Å².